The largest absolute Gasteiger partial charge is 0.454 e. The standard InChI is InChI=1S/C27H25N5O5/c33-24(30-13-11-29(12-14-30)20-5-2-1-3-6-20)17-31-21-7-4-10-28-25(21)26(34)32(27(31)35)16-19-8-9-22-23(15-19)37-18-36-22/h1-10,15H,11-14,16-18H2. The molecule has 2 aromatic heterocycles. The molecule has 1 amide bonds. The first-order chi connectivity index (χ1) is 18.1. The Kier molecular flexibility index (Phi) is 5.84. The summed E-state index contributed by atoms with van der Waals surface area (Å²) in [6.07, 6.45) is 1.51. The van der Waals surface area contributed by atoms with Crippen LogP contribution in [-0.2, 0) is 17.9 Å². The molecule has 4 heterocycles. The summed E-state index contributed by atoms with van der Waals surface area (Å²) < 4.78 is 13.2. The Balaban J connectivity index is 1.28. The number of pyridine rings is 1. The van der Waals surface area contributed by atoms with Crippen molar-refractivity contribution in [3.8, 4) is 11.5 Å². The number of aromatic nitrogens is 3. The van der Waals surface area contributed by atoms with Gasteiger partial charge in [0.05, 0.1) is 12.1 Å². The van der Waals surface area contributed by atoms with Gasteiger partial charge in [0.2, 0.25) is 12.7 Å². The molecule has 0 bridgehead atoms. The number of benzene rings is 2. The van der Waals surface area contributed by atoms with E-state index in [1.54, 1.807) is 35.2 Å². The maximum atomic E-state index is 13.6. The van der Waals surface area contributed by atoms with Crippen LogP contribution in [0.2, 0.25) is 0 Å². The minimum Gasteiger partial charge on any atom is -0.454 e. The molecule has 10 nitrogen and oxygen atoms in total. The van der Waals surface area contributed by atoms with Crippen molar-refractivity contribution in [1.29, 1.82) is 0 Å². The first-order valence-corrected chi connectivity index (χ1v) is 12.1. The summed E-state index contributed by atoms with van der Waals surface area (Å²) >= 11 is 0. The zero-order chi connectivity index (χ0) is 25.4. The van der Waals surface area contributed by atoms with Crippen LogP contribution in [0.25, 0.3) is 11.0 Å². The van der Waals surface area contributed by atoms with Crippen molar-refractivity contribution < 1.29 is 14.3 Å². The quantitative estimate of drug-likeness (QED) is 0.412. The van der Waals surface area contributed by atoms with E-state index >= 15 is 0 Å². The van der Waals surface area contributed by atoms with Gasteiger partial charge in [0.1, 0.15) is 6.54 Å². The molecule has 2 aliphatic rings. The first-order valence-electron chi connectivity index (χ1n) is 12.1. The van der Waals surface area contributed by atoms with Crippen LogP contribution in [0.4, 0.5) is 5.69 Å². The molecule has 0 aliphatic carbocycles. The van der Waals surface area contributed by atoms with Crippen LogP contribution in [0, 0.1) is 0 Å². The van der Waals surface area contributed by atoms with Crippen molar-refractivity contribution in [2.24, 2.45) is 0 Å². The first kappa shape index (κ1) is 22.8. The summed E-state index contributed by atoms with van der Waals surface area (Å²) in [4.78, 5) is 48.3. The lowest BCUT2D eigenvalue weighted by atomic mass is 10.2. The number of rotatable bonds is 5. The number of nitrogens with zero attached hydrogens (tertiary/aromatic N) is 5. The van der Waals surface area contributed by atoms with Crippen LogP contribution in [0.15, 0.2) is 76.4 Å². The lowest BCUT2D eigenvalue weighted by molar-refractivity contribution is -0.132. The van der Waals surface area contributed by atoms with E-state index in [0.29, 0.717) is 48.8 Å². The van der Waals surface area contributed by atoms with Gasteiger partial charge in [-0.2, -0.15) is 0 Å². The second kappa shape index (κ2) is 9.45. The van der Waals surface area contributed by atoms with Gasteiger partial charge in [-0.1, -0.05) is 24.3 Å². The normalized spacial score (nSPS) is 14.8. The zero-order valence-electron chi connectivity index (χ0n) is 20.1. The lowest BCUT2D eigenvalue weighted by Gasteiger charge is -2.36. The molecule has 188 valence electrons. The van der Waals surface area contributed by atoms with E-state index in [-0.39, 0.29) is 31.3 Å². The summed E-state index contributed by atoms with van der Waals surface area (Å²) in [7, 11) is 0. The number of hydrogen-bond donors (Lipinski definition) is 0. The highest BCUT2D eigenvalue weighted by Gasteiger charge is 2.24. The van der Waals surface area contributed by atoms with Gasteiger partial charge in [-0.25, -0.2) is 9.78 Å². The molecule has 10 heteroatoms. The predicted octanol–water partition coefficient (Wildman–Crippen LogP) is 1.68. The summed E-state index contributed by atoms with van der Waals surface area (Å²) in [6.45, 7) is 2.49. The highest BCUT2D eigenvalue weighted by Crippen LogP contribution is 2.32. The zero-order valence-corrected chi connectivity index (χ0v) is 20.1. The van der Waals surface area contributed by atoms with Crippen molar-refractivity contribution in [2.75, 3.05) is 37.9 Å². The Morgan fingerprint density at radius 3 is 2.46 bits per heavy atom. The van der Waals surface area contributed by atoms with Crippen LogP contribution in [0.3, 0.4) is 0 Å². The van der Waals surface area contributed by atoms with Crippen LogP contribution in [0.5, 0.6) is 11.5 Å². The molecule has 1 saturated heterocycles. The minimum atomic E-state index is -0.556. The van der Waals surface area contributed by atoms with Crippen molar-refractivity contribution in [2.45, 2.75) is 13.1 Å². The van der Waals surface area contributed by atoms with Gasteiger partial charge < -0.3 is 19.3 Å². The Hall–Kier alpha value is -4.60. The number of carbonyl (C=O) groups excluding carboxylic acids is 1. The second-order valence-corrected chi connectivity index (χ2v) is 9.02. The van der Waals surface area contributed by atoms with E-state index < -0.39 is 11.2 Å². The third-order valence-corrected chi connectivity index (χ3v) is 6.81. The third-order valence-electron chi connectivity index (χ3n) is 6.81. The lowest BCUT2D eigenvalue weighted by Crippen LogP contribution is -2.51. The molecule has 37 heavy (non-hydrogen) atoms. The fourth-order valence-corrected chi connectivity index (χ4v) is 4.85. The highest BCUT2D eigenvalue weighted by molar-refractivity contribution is 5.80. The average molecular weight is 500 g/mol. The Bertz CT molecular complexity index is 1590. The van der Waals surface area contributed by atoms with Gasteiger partial charge in [0.25, 0.3) is 5.56 Å². The number of piperazine rings is 1. The van der Waals surface area contributed by atoms with E-state index in [9.17, 15) is 14.4 Å². The van der Waals surface area contributed by atoms with Gasteiger partial charge in [0, 0.05) is 38.1 Å². The SMILES string of the molecule is O=C(Cn1c(=O)n(Cc2ccc3c(c2)OCO3)c(=O)c2ncccc21)N1CCN(c2ccccc2)CC1. The molecule has 2 aliphatic heterocycles. The fraction of sp³-hybridized carbons (Fsp3) is 0.259. The Morgan fingerprint density at radius 1 is 0.865 bits per heavy atom. The molecule has 0 saturated carbocycles. The third kappa shape index (κ3) is 4.31. The molecule has 0 N–H and O–H groups in total. The predicted molar refractivity (Wildman–Crippen MR) is 137 cm³/mol. The molecule has 4 aromatic rings. The van der Waals surface area contributed by atoms with Gasteiger partial charge in [-0.05, 0) is 42.0 Å². The van der Waals surface area contributed by atoms with Gasteiger partial charge in [0.15, 0.2) is 17.0 Å². The second-order valence-electron chi connectivity index (χ2n) is 9.02. The van der Waals surface area contributed by atoms with Crippen molar-refractivity contribution in [1.82, 2.24) is 19.0 Å². The number of para-hydroxylation sites is 1. The molecule has 0 unspecified atom stereocenters. The molecule has 0 atom stereocenters. The topological polar surface area (TPSA) is 98.9 Å². The van der Waals surface area contributed by atoms with E-state index in [2.05, 4.69) is 22.0 Å². The number of anilines is 1. The number of hydrogen-bond acceptors (Lipinski definition) is 7. The molecule has 0 radical (unpaired) electrons. The molecule has 6 rings (SSSR count). The molecule has 0 spiro atoms. The molecular weight excluding hydrogens is 474 g/mol. The summed E-state index contributed by atoms with van der Waals surface area (Å²) in [5.41, 5.74) is 1.25. The summed E-state index contributed by atoms with van der Waals surface area (Å²) in [5, 5.41) is 0. The number of ether oxygens (including phenoxy) is 2. The maximum absolute atomic E-state index is 13.6. The summed E-state index contributed by atoms with van der Waals surface area (Å²) in [6, 6.07) is 18.7. The summed E-state index contributed by atoms with van der Waals surface area (Å²) in [5.74, 6) is 1.01. The molecule has 1 fully saturated rings. The van der Waals surface area contributed by atoms with E-state index in [1.807, 2.05) is 18.2 Å². The van der Waals surface area contributed by atoms with Crippen molar-refractivity contribution in [3.63, 3.8) is 0 Å². The van der Waals surface area contributed by atoms with Crippen LogP contribution in [0.1, 0.15) is 5.56 Å². The number of carbonyl (C=O) groups is 1. The minimum absolute atomic E-state index is 0.0186. The average Bonchev–Trinajstić information content (AvgIpc) is 3.42. The van der Waals surface area contributed by atoms with Crippen molar-refractivity contribution >= 4 is 22.6 Å². The number of amides is 1. The highest BCUT2D eigenvalue weighted by atomic mass is 16.7. The maximum Gasteiger partial charge on any atom is 0.332 e. The van der Waals surface area contributed by atoms with Crippen LogP contribution < -0.4 is 25.6 Å². The van der Waals surface area contributed by atoms with Gasteiger partial charge in [-0.3, -0.25) is 18.7 Å². The Labute approximate surface area is 211 Å². The molecular formula is C27H25N5O5. The van der Waals surface area contributed by atoms with E-state index in [0.717, 1.165) is 10.3 Å². The fourth-order valence-electron chi connectivity index (χ4n) is 4.85. The van der Waals surface area contributed by atoms with E-state index in [1.165, 1.54) is 10.8 Å². The Morgan fingerprint density at radius 2 is 1.65 bits per heavy atom. The smallest absolute Gasteiger partial charge is 0.332 e. The van der Waals surface area contributed by atoms with Gasteiger partial charge in [-0.15, -0.1) is 0 Å². The molecule has 2 aromatic carbocycles. The van der Waals surface area contributed by atoms with Crippen LogP contribution >= 0.6 is 0 Å². The monoisotopic (exact) mass is 499 g/mol. The van der Waals surface area contributed by atoms with Crippen LogP contribution in [-0.4, -0.2) is 57.9 Å². The number of fused-ring (bicyclic) bond motifs is 2. The van der Waals surface area contributed by atoms with E-state index in [4.69, 9.17) is 9.47 Å². The van der Waals surface area contributed by atoms with Crippen molar-refractivity contribution in [3.05, 3.63) is 93.3 Å². The van der Waals surface area contributed by atoms with Gasteiger partial charge >= 0.3 is 5.69 Å².